The molecule has 3 aromatic carbocycles. The molecule has 1 aromatic heterocycles. The number of amides is 1. The summed E-state index contributed by atoms with van der Waals surface area (Å²) in [5, 5.41) is 2.73. The number of ether oxygens (including phenoxy) is 1. The number of halogens is 3. The minimum Gasteiger partial charge on any atom is -0.456 e. The van der Waals surface area contributed by atoms with E-state index < -0.39 is 17.5 Å². The monoisotopic (exact) mass is 532 g/mol. The van der Waals surface area contributed by atoms with Crippen LogP contribution in [0.15, 0.2) is 73.3 Å². The van der Waals surface area contributed by atoms with Gasteiger partial charge < -0.3 is 20.4 Å². The standard InChI is InChI=1S/C22H15F2IN4O2/c23-13-9-19(28-18-6-1-14(25)11-17(18)24)21(22(26)30)20(10-13)31-16-4-2-15(3-5-16)29-8-7-27-12-29/h1-12,28H,(H2,26,30). The van der Waals surface area contributed by atoms with E-state index in [1.807, 2.05) is 22.6 Å². The lowest BCUT2D eigenvalue weighted by Gasteiger charge is -2.16. The van der Waals surface area contributed by atoms with Crippen LogP contribution in [-0.2, 0) is 0 Å². The van der Waals surface area contributed by atoms with Gasteiger partial charge in [-0.15, -0.1) is 0 Å². The molecule has 0 radical (unpaired) electrons. The molecule has 0 aliphatic rings. The molecule has 9 heteroatoms. The first-order valence-corrected chi connectivity index (χ1v) is 10.1. The molecule has 31 heavy (non-hydrogen) atoms. The SMILES string of the molecule is NC(=O)c1c(Nc2ccc(I)cc2F)cc(F)cc1Oc1ccc(-n2ccnc2)cc1. The molecule has 6 nitrogen and oxygen atoms in total. The van der Waals surface area contributed by atoms with Crippen molar-refractivity contribution in [3.63, 3.8) is 0 Å². The van der Waals surface area contributed by atoms with Gasteiger partial charge in [-0.1, -0.05) is 0 Å². The number of hydrogen-bond donors (Lipinski definition) is 2. The van der Waals surface area contributed by atoms with E-state index >= 15 is 0 Å². The number of aromatic nitrogens is 2. The zero-order valence-electron chi connectivity index (χ0n) is 15.9. The molecule has 0 spiro atoms. The molecule has 0 atom stereocenters. The number of hydrogen-bond acceptors (Lipinski definition) is 4. The van der Waals surface area contributed by atoms with Gasteiger partial charge in [-0.05, 0) is 71.1 Å². The number of nitrogens with zero attached hydrogens (tertiary/aromatic N) is 2. The Morgan fingerprint density at radius 3 is 2.48 bits per heavy atom. The summed E-state index contributed by atoms with van der Waals surface area (Å²) in [5.41, 5.74) is 6.35. The molecule has 0 unspecified atom stereocenters. The largest absolute Gasteiger partial charge is 0.456 e. The van der Waals surface area contributed by atoms with E-state index in [4.69, 9.17) is 10.5 Å². The van der Waals surface area contributed by atoms with Crippen LogP contribution in [0.5, 0.6) is 11.5 Å². The Bertz CT molecular complexity index is 1250. The van der Waals surface area contributed by atoms with Crippen LogP contribution in [0.25, 0.3) is 5.69 Å². The van der Waals surface area contributed by atoms with Crippen LogP contribution in [0.3, 0.4) is 0 Å². The van der Waals surface area contributed by atoms with Gasteiger partial charge in [-0.3, -0.25) is 4.79 Å². The summed E-state index contributed by atoms with van der Waals surface area (Å²) in [6, 6.07) is 13.5. The molecule has 0 saturated heterocycles. The number of primary amides is 1. The molecule has 0 aliphatic carbocycles. The lowest BCUT2D eigenvalue weighted by Crippen LogP contribution is -2.15. The van der Waals surface area contributed by atoms with E-state index in [2.05, 4.69) is 10.3 Å². The van der Waals surface area contributed by atoms with Gasteiger partial charge in [0.15, 0.2) is 0 Å². The number of nitrogens with one attached hydrogen (secondary N) is 1. The fourth-order valence-electron chi connectivity index (χ4n) is 2.98. The molecule has 0 aliphatic heterocycles. The Morgan fingerprint density at radius 2 is 1.84 bits per heavy atom. The van der Waals surface area contributed by atoms with Crippen LogP contribution < -0.4 is 15.8 Å². The van der Waals surface area contributed by atoms with Crippen LogP contribution in [0.2, 0.25) is 0 Å². The second kappa shape index (κ2) is 8.72. The van der Waals surface area contributed by atoms with Crippen molar-refractivity contribution in [3.8, 4) is 17.2 Å². The van der Waals surface area contributed by atoms with Gasteiger partial charge in [0.25, 0.3) is 5.91 Å². The van der Waals surface area contributed by atoms with Crippen molar-refractivity contribution in [1.82, 2.24) is 9.55 Å². The molecule has 3 N–H and O–H groups in total. The third kappa shape index (κ3) is 4.66. The lowest BCUT2D eigenvalue weighted by atomic mass is 10.1. The van der Waals surface area contributed by atoms with Crippen molar-refractivity contribution in [2.45, 2.75) is 0 Å². The van der Waals surface area contributed by atoms with Crippen LogP contribution in [0.4, 0.5) is 20.2 Å². The van der Waals surface area contributed by atoms with Crippen molar-refractivity contribution in [3.05, 3.63) is 94.1 Å². The van der Waals surface area contributed by atoms with Gasteiger partial charge in [0.1, 0.15) is 28.7 Å². The zero-order valence-corrected chi connectivity index (χ0v) is 18.0. The Hall–Kier alpha value is -3.47. The number of anilines is 2. The maximum atomic E-state index is 14.3. The Labute approximate surface area is 189 Å². The predicted molar refractivity (Wildman–Crippen MR) is 121 cm³/mol. The summed E-state index contributed by atoms with van der Waals surface area (Å²) >= 11 is 1.97. The van der Waals surface area contributed by atoms with Crippen molar-refractivity contribution in [1.29, 1.82) is 0 Å². The maximum Gasteiger partial charge on any atom is 0.254 e. The summed E-state index contributed by atoms with van der Waals surface area (Å²) in [7, 11) is 0. The van der Waals surface area contributed by atoms with Crippen LogP contribution >= 0.6 is 22.6 Å². The molecular formula is C22H15F2IN4O2. The smallest absolute Gasteiger partial charge is 0.254 e. The normalized spacial score (nSPS) is 10.7. The number of rotatable bonds is 6. The minimum atomic E-state index is -0.849. The molecule has 4 rings (SSSR count). The van der Waals surface area contributed by atoms with Crippen LogP contribution in [0.1, 0.15) is 10.4 Å². The minimum absolute atomic E-state index is 0.00218. The molecule has 0 bridgehead atoms. The Kier molecular flexibility index (Phi) is 5.85. The second-order valence-electron chi connectivity index (χ2n) is 6.51. The third-order valence-corrected chi connectivity index (χ3v) is 5.05. The topological polar surface area (TPSA) is 82.2 Å². The number of carbonyl (C=O) groups excluding carboxylic acids is 1. The van der Waals surface area contributed by atoms with E-state index in [-0.39, 0.29) is 22.7 Å². The Morgan fingerprint density at radius 1 is 1.06 bits per heavy atom. The van der Waals surface area contributed by atoms with Crippen LogP contribution in [0, 0.1) is 15.2 Å². The molecular weight excluding hydrogens is 517 g/mol. The number of imidazole rings is 1. The number of nitrogens with two attached hydrogens (primary N) is 1. The summed E-state index contributed by atoms with van der Waals surface area (Å²) in [6.07, 6.45) is 5.09. The van der Waals surface area contributed by atoms with Crippen molar-refractivity contribution >= 4 is 39.9 Å². The molecule has 4 aromatic rings. The van der Waals surface area contributed by atoms with Gasteiger partial charge in [0.05, 0.1) is 17.7 Å². The van der Waals surface area contributed by atoms with E-state index in [1.165, 1.54) is 12.1 Å². The van der Waals surface area contributed by atoms with E-state index in [1.54, 1.807) is 53.6 Å². The van der Waals surface area contributed by atoms with Crippen molar-refractivity contribution in [2.24, 2.45) is 5.73 Å². The average molecular weight is 532 g/mol. The highest BCUT2D eigenvalue weighted by atomic mass is 127. The highest BCUT2D eigenvalue weighted by Crippen LogP contribution is 2.34. The second-order valence-corrected chi connectivity index (χ2v) is 7.75. The lowest BCUT2D eigenvalue weighted by molar-refractivity contribution is 0.0999. The van der Waals surface area contributed by atoms with E-state index in [0.717, 1.165) is 17.8 Å². The van der Waals surface area contributed by atoms with Gasteiger partial charge in [0.2, 0.25) is 0 Å². The third-order valence-electron chi connectivity index (χ3n) is 4.38. The molecule has 1 amide bonds. The molecule has 156 valence electrons. The van der Waals surface area contributed by atoms with E-state index in [0.29, 0.717) is 9.32 Å². The fraction of sp³-hybridized carbons (Fsp3) is 0. The van der Waals surface area contributed by atoms with Crippen molar-refractivity contribution < 1.29 is 18.3 Å². The predicted octanol–water partition coefficient (Wildman–Crippen LogP) is 5.39. The maximum absolute atomic E-state index is 14.3. The summed E-state index contributed by atoms with van der Waals surface area (Å²) < 4.78 is 36.8. The summed E-state index contributed by atoms with van der Waals surface area (Å²) in [4.78, 5) is 16.1. The quantitative estimate of drug-likeness (QED) is 0.327. The molecule has 1 heterocycles. The van der Waals surface area contributed by atoms with E-state index in [9.17, 15) is 13.6 Å². The van der Waals surface area contributed by atoms with Crippen LogP contribution in [-0.4, -0.2) is 15.5 Å². The highest BCUT2D eigenvalue weighted by Gasteiger charge is 2.19. The first-order chi connectivity index (χ1) is 14.9. The Balaban J connectivity index is 1.68. The summed E-state index contributed by atoms with van der Waals surface area (Å²) in [6.45, 7) is 0. The first-order valence-electron chi connectivity index (χ1n) is 9.02. The zero-order chi connectivity index (χ0) is 22.0. The van der Waals surface area contributed by atoms with Gasteiger partial charge in [-0.25, -0.2) is 13.8 Å². The first kappa shape index (κ1) is 20.8. The average Bonchev–Trinajstić information content (AvgIpc) is 3.25. The van der Waals surface area contributed by atoms with Gasteiger partial charge >= 0.3 is 0 Å². The molecule has 0 saturated carbocycles. The number of carbonyl (C=O) groups is 1. The fourth-order valence-corrected chi connectivity index (χ4v) is 3.43. The number of benzene rings is 3. The highest BCUT2D eigenvalue weighted by molar-refractivity contribution is 14.1. The van der Waals surface area contributed by atoms with Crippen molar-refractivity contribution in [2.75, 3.05) is 5.32 Å². The molecule has 0 fully saturated rings. The summed E-state index contributed by atoms with van der Waals surface area (Å²) in [5.74, 6) is -1.80. The van der Waals surface area contributed by atoms with Gasteiger partial charge in [-0.2, -0.15) is 0 Å². The van der Waals surface area contributed by atoms with Gasteiger partial charge in [0, 0.05) is 27.7 Å².